The molecule has 3 saturated heterocycles. The molecule has 0 aromatic heterocycles. The van der Waals surface area contributed by atoms with Crippen LogP contribution >= 0.6 is 0 Å². The molecular weight excluding hydrogens is 312 g/mol. The van der Waals surface area contributed by atoms with Gasteiger partial charge in [-0.15, -0.1) is 0 Å². The standard InChI is InChI=1S/C21H22N2O2/c24-20(25-21-14-23-12-11-17(21)18(21)13-23)19(15-7-3-1-4-8-15)22-16-9-5-2-6-10-16/h1-10,17-19,22H,11-14H2. The third kappa shape index (κ3) is 2.44. The Kier molecular flexibility index (Phi) is 3.35. The summed E-state index contributed by atoms with van der Waals surface area (Å²) in [6.45, 7) is 3.17. The van der Waals surface area contributed by atoms with Crippen LogP contribution in [0.15, 0.2) is 60.7 Å². The molecule has 6 rings (SSSR count). The number of hydrogen-bond acceptors (Lipinski definition) is 4. The highest BCUT2D eigenvalue weighted by molar-refractivity contribution is 5.82. The Bertz CT molecular complexity index is 773. The van der Waals surface area contributed by atoms with Crippen LogP contribution in [0.5, 0.6) is 0 Å². The number of para-hydroxylation sites is 1. The van der Waals surface area contributed by atoms with Gasteiger partial charge < -0.3 is 10.1 Å². The second-order valence-corrected chi connectivity index (χ2v) is 7.47. The van der Waals surface area contributed by atoms with Crippen molar-refractivity contribution in [2.45, 2.75) is 18.1 Å². The van der Waals surface area contributed by atoms with E-state index in [1.807, 2.05) is 60.7 Å². The van der Waals surface area contributed by atoms with Gasteiger partial charge in [-0.25, -0.2) is 4.79 Å². The summed E-state index contributed by atoms with van der Waals surface area (Å²) in [7, 11) is 0. The first kappa shape index (κ1) is 15.0. The monoisotopic (exact) mass is 334 g/mol. The largest absolute Gasteiger partial charge is 0.455 e. The lowest BCUT2D eigenvalue weighted by atomic mass is 10.1. The molecule has 3 aliphatic heterocycles. The summed E-state index contributed by atoms with van der Waals surface area (Å²) < 4.78 is 6.15. The van der Waals surface area contributed by atoms with Crippen LogP contribution in [-0.4, -0.2) is 36.1 Å². The van der Waals surface area contributed by atoms with Gasteiger partial charge in [-0.05, 0) is 30.7 Å². The zero-order chi connectivity index (χ0) is 16.9. The summed E-state index contributed by atoms with van der Waals surface area (Å²) in [5, 5.41) is 3.36. The zero-order valence-corrected chi connectivity index (χ0v) is 14.1. The summed E-state index contributed by atoms with van der Waals surface area (Å²) in [6.07, 6.45) is 1.17. The number of esters is 1. The molecule has 128 valence electrons. The Morgan fingerprint density at radius 2 is 1.80 bits per heavy atom. The van der Waals surface area contributed by atoms with E-state index in [9.17, 15) is 4.79 Å². The molecule has 0 amide bonds. The molecule has 3 heterocycles. The molecule has 4 heteroatoms. The fraction of sp³-hybridized carbons (Fsp3) is 0.381. The maximum atomic E-state index is 13.1. The predicted octanol–water partition coefficient (Wildman–Crippen LogP) is 3.09. The van der Waals surface area contributed by atoms with Gasteiger partial charge in [0.1, 0.15) is 5.60 Å². The predicted molar refractivity (Wildman–Crippen MR) is 96.1 cm³/mol. The van der Waals surface area contributed by atoms with Gasteiger partial charge in [-0.1, -0.05) is 48.5 Å². The minimum absolute atomic E-state index is 0.161. The van der Waals surface area contributed by atoms with Crippen LogP contribution in [0.4, 0.5) is 5.69 Å². The van der Waals surface area contributed by atoms with Crippen molar-refractivity contribution < 1.29 is 9.53 Å². The Hall–Kier alpha value is -2.33. The van der Waals surface area contributed by atoms with E-state index in [1.165, 1.54) is 6.42 Å². The number of fused-ring (bicyclic) bond motifs is 1. The number of nitrogens with zero attached hydrogens (tertiary/aromatic N) is 1. The number of ether oxygens (including phenoxy) is 1. The van der Waals surface area contributed by atoms with Gasteiger partial charge in [-0.2, -0.15) is 0 Å². The average Bonchev–Trinajstić information content (AvgIpc) is 3.15. The van der Waals surface area contributed by atoms with E-state index in [2.05, 4.69) is 10.2 Å². The van der Waals surface area contributed by atoms with Crippen LogP contribution in [0, 0.1) is 11.8 Å². The Balaban J connectivity index is 1.39. The number of piperidine rings is 3. The Morgan fingerprint density at radius 1 is 1.08 bits per heavy atom. The molecule has 5 atom stereocenters. The fourth-order valence-electron chi connectivity index (χ4n) is 4.78. The van der Waals surface area contributed by atoms with Crippen molar-refractivity contribution in [2.75, 3.05) is 25.0 Å². The molecule has 1 N–H and O–H groups in total. The van der Waals surface area contributed by atoms with Crippen molar-refractivity contribution in [3.63, 3.8) is 0 Å². The molecule has 1 saturated carbocycles. The van der Waals surface area contributed by atoms with Gasteiger partial charge in [-0.3, -0.25) is 4.90 Å². The summed E-state index contributed by atoms with van der Waals surface area (Å²) in [4.78, 5) is 15.5. The fourth-order valence-corrected chi connectivity index (χ4v) is 4.78. The van der Waals surface area contributed by atoms with Crippen LogP contribution in [0.3, 0.4) is 0 Å². The van der Waals surface area contributed by atoms with Gasteiger partial charge in [0.05, 0.1) is 0 Å². The summed E-state index contributed by atoms with van der Waals surface area (Å²) in [6, 6.07) is 19.2. The van der Waals surface area contributed by atoms with E-state index in [1.54, 1.807) is 0 Å². The first-order valence-electron chi connectivity index (χ1n) is 9.08. The van der Waals surface area contributed by atoms with Crippen molar-refractivity contribution in [1.82, 2.24) is 4.90 Å². The van der Waals surface area contributed by atoms with E-state index in [0.717, 1.165) is 30.9 Å². The summed E-state index contributed by atoms with van der Waals surface area (Å²) >= 11 is 0. The smallest absolute Gasteiger partial charge is 0.333 e. The van der Waals surface area contributed by atoms with Crippen LogP contribution in [0.25, 0.3) is 0 Å². The quantitative estimate of drug-likeness (QED) is 0.853. The van der Waals surface area contributed by atoms with Crippen molar-refractivity contribution in [3.05, 3.63) is 66.2 Å². The second-order valence-electron chi connectivity index (χ2n) is 7.47. The van der Waals surface area contributed by atoms with Crippen LogP contribution in [-0.2, 0) is 9.53 Å². The molecule has 2 aromatic carbocycles. The van der Waals surface area contributed by atoms with E-state index in [0.29, 0.717) is 11.8 Å². The molecule has 4 fully saturated rings. The van der Waals surface area contributed by atoms with Crippen LogP contribution in [0.2, 0.25) is 0 Å². The van der Waals surface area contributed by atoms with Crippen LogP contribution in [0.1, 0.15) is 18.0 Å². The SMILES string of the molecule is O=C(OC12CN3CCC1C2C3)C(Nc1ccccc1)c1ccccc1. The molecule has 25 heavy (non-hydrogen) atoms. The third-order valence-corrected chi connectivity index (χ3v) is 6.06. The first-order chi connectivity index (χ1) is 12.3. The Labute approximate surface area is 147 Å². The highest BCUT2D eigenvalue weighted by Crippen LogP contribution is 2.63. The molecule has 2 aromatic rings. The minimum atomic E-state index is -0.478. The molecule has 0 radical (unpaired) electrons. The maximum Gasteiger partial charge on any atom is 0.333 e. The van der Waals surface area contributed by atoms with Gasteiger partial charge in [0.15, 0.2) is 6.04 Å². The number of rotatable bonds is 5. The topological polar surface area (TPSA) is 41.6 Å². The lowest BCUT2D eigenvalue weighted by Crippen LogP contribution is -2.40. The highest BCUT2D eigenvalue weighted by Gasteiger charge is 2.74. The summed E-state index contributed by atoms with van der Waals surface area (Å²) in [5.74, 6) is 0.972. The van der Waals surface area contributed by atoms with Gasteiger partial charge in [0.25, 0.3) is 0 Å². The van der Waals surface area contributed by atoms with E-state index in [-0.39, 0.29) is 11.6 Å². The normalized spacial score (nSPS) is 32.7. The molecule has 4 aliphatic rings. The van der Waals surface area contributed by atoms with Crippen molar-refractivity contribution in [2.24, 2.45) is 11.8 Å². The van der Waals surface area contributed by atoms with Gasteiger partial charge >= 0.3 is 5.97 Å². The maximum absolute atomic E-state index is 13.1. The molecular formula is C21H22N2O2. The highest BCUT2D eigenvalue weighted by atomic mass is 16.6. The molecule has 4 bridgehead atoms. The molecule has 4 nitrogen and oxygen atoms in total. The third-order valence-electron chi connectivity index (χ3n) is 6.06. The number of nitrogens with one attached hydrogen (secondary N) is 1. The zero-order valence-electron chi connectivity index (χ0n) is 14.1. The average molecular weight is 334 g/mol. The van der Waals surface area contributed by atoms with E-state index >= 15 is 0 Å². The van der Waals surface area contributed by atoms with E-state index < -0.39 is 6.04 Å². The number of anilines is 1. The van der Waals surface area contributed by atoms with E-state index in [4.69, 9.17) is 4.74 Å². The van der Waals surface area contributed by atoms with Crippen molar-refractivity contribution in [1.29, 1.82) is 0 Å². The van der Waals surface area contributed by atoms with Gasteiger partial charge in [0.2, 0.25) is 0 Å². The van der Waals surface area contributed by atoms with Gasteiger partial charge in [0, 0.05) is 30.6 Å². The molecule has 5 unspecified atom stereocenters. The number of hydrogen-bond donors (Lipinski definition) is 1. The Morgan fingerprint density at radius 3 is 2.40 bits per heavy atom. The number of carbonyl (C=O) groups is 1. The number of carbonyl (C=O) groups excluding carboxylic acids is 1. The van der Waals surface area contributed by atoms with Crippen LogP contribution < -0.4 is 5.32 Å². The lowest BCUT2D eigenvalue weighted by molar-refractivity contribution is -0.154. The second kappa shape index (κ2) is 5.60. The minimum Gasteiger partial charge on any atom is -0.455 e. The van der Waals surface area contributed by atoms with Crippen molar-refractivity contribution in [3.8, 4) is 0 Å². The molecule has 1 aliphatic carbocycles. The summed E-state index contributed by atoms with van der Waals surface area (Å²) in [5.41, 5.74) is 1.66. The molecule has 0 spiro atoms. The lowest BCUT2D eigenvalue weighted by Gasteiger charge is -2.30. The first-order valence-corrected chi connectivity index (χ1v) is 9.08. The van der Waals surface area contributed by atoms with Crippen molar-refractivity contribution >= 4 is 11.7 Å². The number of benzene rings is 2.